The van der Waals surface area contributed by atoms with Crippen LogP contribution in [0.25, 0.3) is 0 Å². The molecule has 0 N–H and O–H groups in total. The summed E-state index contributed by atoms with van der Waals surface area (Å²) < 4.78 is 11.2. The molecule has 2 saturated heterocycles. The lowest BCUT2D eigenvalue weighted by molar-refractivity contribution is -0.151. The summed E-state index contributed by atoms with van der Waals surface area (Å²) in [5, 5.41) is 0. The van der Waals surface area contributed by atoms with E-state index in [1.807, 2.05) is 36.4 Å². The van der Waals surface area contributed by atoms with Gasteiger partial charge in [-0.05, 0) is 31.0 Å². The van der Waals surface area contributed by atoms with Gasteiger partial charge in [-0.15, -0.1) is 0 Å². The quantitative estimate of drug-likeness (QED) is 0.628. The minimum absolute atomic E-state index is 0.0517. The second-order valence-electron chi connectivity index (χ2n) is 6.60. The molecule has 2 bridgehead atoms. The fourth-order valence-corrected chi connectivity index (χ4v) is 4.14. The standard InChI is InChI=1S/C19H21NO4/c1-3-12-5-7-13(8-6-12)20-11-19-10-9-14(24-19)15(16(19)17(20)21)18(22)23-4-2/h5-10,14-16H,3-4,11H2,1-2H3/t14-,15?,16+,19-/m1/s1. The van der Waals surface area contributed by atoms with Gasteiger partial charge in [-0.2, -0.15) is 0 Å². The Kier molecular flexibility index (Phi) is 3.49. The van der Waals surface area contributed by atoms with Crippen LogP contribution in [-0.4, -0.2) is 36.7 Å². The molecule has 5 nitrogen and oxygen atoms in total. The molecule has 0 aromatic heterocycles. The van der Waals surface area contributed by atoms with Gasteiger partial charge in [0.25, 0.3) is 0 Å². The van der Waals surface area contributed by atoms with Crippen LogP contribution in [-0.2, 0) is 25.5 Å². The summed E-state index contributed by atoms with van der Waals surface area (Å²) >= 11 is 0. The van der Waals surface area contributed by atoms with Gasteiger partial charge < -0.3 is 14.4 Å². The normalized spacial score (nSPS) is 33.2. The number of amides is 1. The number of hydrogen-bond donors (Lipinski definition) is 0. The number of carbonyl (C=O) groups is 2. The highest BCUT2D eigenvalue weighted by Gasteiger charge is 2.67. The zero-order chi connectivity index (χ0) is 16.9. The monoisotopic (exact) mass is 327 g/mol. The molecule has 1 amide bonds. The van der Waals surface area contributed by atoms with E-state index in [0.717, 1.165) is 12.1 Å². The molecule has 4 atom stereocenters. The lowest BCUT2D eigenvalue weighted by Crippen LogP contribution is -2.40. The SMILES string of the molecule is CCOC(=O)C1[C@H]2C(=O)N(c3ccc(CC)cc3)C[C@]23C=C[C@H]1O3. The van der Waals surface area contributed by atoms with Crippen molar-refractivity contribution in [3.05, 3.63) is 42.0 Å². The van der Waals surface area contributed by atoms with E-state index >= 15 is 0 Å². The Labute approximate surface area is 141 Å². The van der Waals surface area contributed by atoms with Crippen molar-refractivity contribution in [3.63, 3.8) is 0 Å². The first kappa shape index (κ1) is 15.4. The first-order valence-electron chi connectivity index (χ1n) is 8.54. The molecule has 1 aromatic carbocycles. The summed E-state index contributed by atoms with van der Waals surface area (Å²) in [5.74, 6) is -1.42. The molecule has 1 spiro atoms. The summed E-state index contributed by atoms with van der Waals surface area (Å²) in [7, 11) is 0. The molecule has 126 valence electrons. The summed E-state index contributed by atoms with van der Waals surface area (Å²) in [6.45, 7) is 4.63. The van der Waals surface area contributed by atoms with Crippen molar-refractivity contribution in [2.24, 2.45) is 11.8 Å². The molecule has 0 aliphatic carbocycles. The summed E-state index contributed by atoms with van der Waals surface area (Å²) in [6.07, 6.45) is 4.47. The van der Waals surface area contributed by atoms with E-state index in [0.29, 0.717) is 13.2 Å². The van der Waals surface area contributed by atoms with Crippen LogP contribution < -0.4 is 4.90 Å². The number of carbonyl (C=O) groups excluding carboxylic acids is 2. The molecule has 3 aliphatic rings. The van der Waals surface area contributed by atoms with Crippen molar-refractivity contribution in [1.82, 2.24) is 0 Å². The number of fused-ring (bicyclic) bond motifs is 1. The van der Waals surface area contributed by atoms with Gasteiger partial charge in [0.15, 0.2) is 0 Å². The lowest BCUT2D eigenvalue weighted by Gasteiger charge is -2.22. The number of nitrogens with zero attached hydrogens (tertiary/aromatic N) is 1. The first-order chi connectivity index (χ1) is 11.6. The molecular formula is C19H21NO4. The molecule has 24 heavy (non-hydrogen) atoms. The van der Waals surface area contributed by atoms with Crippen LogP contribution in [0.15, 0.2) is 36.4 Å². The zero-order valence-electron chi connectivity index (χ0n) is 13.9. The Morgan fingerprint density at radius 2 is 2.08 bits per heavy atom. The molecule has 5 heteroatoms. The number of aryl methyl sites for hydroxylation is 1. The number of anilines is 1. The Balaban J connectivity index is 1.65. The van der Waals surface area contributed by atoms with Crippen molar-refractivity contribution in [1.29, 1.82) is 0 Å². The van der Waals surface area contributed by atoms with E-state index in [1.54, 1.807) is 11.8 Å². The van der Waals surface area contributed by atoms with Crippen LogP contribution in [0.1, 0.15) is 19.4 Å². The second kappa shape index (κ2) is 5.45. The number of hydrogen-bond acceptors (Lipinski definition) is 4. The lowest BCUT2D eigenvalue weighted by atomic mass is 9.77. The summed E-state index contributed by atoms with van der Waals surface area (Å²) in [6, 6.07) is 7.99. The van der Waals surface area contributed by atoms with Crippen LogP contribution >= 0.6 is 0 Å². The minimum atomic E-state index is -0.692. The molecule has 1 aromatic rings. The maximum absolute atomic E-state index is 13.0. The van der Waals surface area contributed by atoms with Gasteiger partial charge in [0.1, 0.15) is 11.5 Å². The Bertz CT molecular complexity index is 711. The molecule has 0 radical (unpaired) electrons. The highest BCUT2D eigenvalue weighted by atomic mass is 16.6. The molecule has 3 heterocycles. The van der Waals surface area contributed by atoms with E-state index in [4.69, 9.17) is 9.47 Å². The highest BCUT2D eigenvalue weighted by Crippen LogP contribution is 2.52. The van der Waals surface area contributed by atoms with E-state index in [9.17, 15) is 9.59 Å². The highest BCUT2D eigenvalue weighted by molar-refractivity contribution is 6.02. The van der Waals surface area contributed by atoms with Crippen LogP contribution in [0.4, 0.5) is 5.69 Å². The van der Waals surface area contributed by atoms with Gasteiger partial charge in [0.2, 0.25) is 5.91 Å². The van der Waals surface area contributed by atoms with Crippen LogP contribution in [0.2, 0.25) is 0 Å². The Morgan fingerprint density at radius 3 is 2.75 bits per heavy atom. The average molecular weight is 327 g/mol. The third-order valence-corrected chi connectivity index (χ3v) is 5.32. The number of ether oxygens (including phenoxy) is 2. The van der Waals surface area contributed by atoms with Gasteiger partial charge in [0, 0.05) is 5.69 Å². The number of esters is 1. The smallest absolute Gasteiger partial charge is 0.312 e. The van der Waals surface area contributed by atoms with Crippen LogP contribution in [0.5, 0.6) is 0 Å². The minimum Gasteiger partial charge on any atom is -0.466 e. The third-order valence-electron chi connectivity index (χ3n) is 5.32. The van der Waals surface area contributed by atoms with E-state index in [1.165, 1.54) is 5.56 Å². The van der Waals surface area contributed by atoms with Crippen molar-refractivity contribution >= 4 is 17.6 Å². The summed E-state index contributed by atoms with van der Waals surface area (Å²) in [5.41, 5.74) is 1.39. The predicted molar refractivity (Wildman–Crippen MR) is 88.5 cm³/mol. The van der Waals surface area contributed by atoms with Crippen molar-refractivity contribution in [2.75, 3.05) is 18.1 Å². The summed E-state index contributed by atoms with van der Waals surface area (Å²) in [4.78, 5) is 27.1. The zero-order valence-corrected chi connectivity index (χ0v) is 13.9. The Morgan fingerprint density at radius 1 is 1.33 bits per heavy atom. The van der Waals surface area contributed by atoms with Crippen LogP contribution in [0.3, 0.4) is 0 Å². The maximum atomic E-state index is 13.0. The molecule has 1 unspecified atom stereocenters. The Hall–Kier alpha value is -2.14. The van der Waals surface area contributed by atoms with Crippen molar-refractivity contribution < 1.29 is 19.1 Å². The van der Waals surface area contributed by atoms with Gasteiger partial charge in [-0.1, -0.05) is 31.2 Å². The van der Waals surface area contributed by atoms with Crippen molar-refractivity contribution in [2.45, 2.75) is 32.0 Å². The van der Waals surface area contributed by atoms with E-state index < -0.39 is 17.4 Å². The van der Waals surface area contributed by atoms with Gasteiger partial charge in [0.05, 0.1) is 25.2 Å². The fraction of sp³-hybridized carbons (Fsp3) is 0.474. The molecule has 4 rings (SSSR count). The van der Waals surface area contributed by atoms with Gasteiger partial charge >= 0.3 is 5.97 Å². The predicted octanol–water partition coefficient (Wildman–Crippen LogP) is 2.10. The second-order valence-corrected chi connectivity index (χ2v) is 6.60. The number of benzene rings is 1. The number of rotatable bonds is 4. The van der Waals surface area contributed by atoms with Gasteiger partial charge in [-0.3, -0.25) is 9.59 Å². The van der Waals surface area contributed by atoms with Crippen molar-refractivity contribution in [3.8, 4) is 0 Å². The molecular weight excluding hydrogens is 306 g/mol. The molecule has 3 aliphatic heterocycles. The van der Waals surface area contributed by atoms with E-state index in [-0.39, 0.29) is 18.0 Å². The molecule has 2 fully saturated rings. The topological polar surface area (TPSA) is 55.8 Å². The fourth-order valence-electron chi connectivity index (χ4n) is 4.14. The van der Waals surface area contributed by atoms with E-state index in [2.05, 4.69) is 6.92 Å². The van der Waals surface area contributed by atoms with Gasteiger partial charge in [-0.25, -0.2) is 0 Å². The molecule has 0 saturated carbocycles. The maximum Gasteiger partial charge on any atom is 0.312 e. The first-order valence-corrected chi connectivity index (χ1v) is 8.54. The third kappa shape index (κ3) is 2.04. The van der Waals surface area contributed by atoms with Crippen LogP contribution in [0, 0.1) is 11.8 Å². The average Bonchev–Trinajstić information content (AvgIpc) is 3.23. The largest absolute Gasteiger partial charge is 0.466 e.